The first-order valence-electron chi connectivity index (χ1n) is 9.54. The van der Waals surface area contributed by atoms with Gasteiger partial charge in [-0.15, -0.1) is 0 Å². The van der Waals surface area contributed by atoms with E-state index in [-0.39, 0.29) is 11.7 Å². The molecular formula is C20H29FN2O2. The van der Waals surface area contributed by atoms with Crippen LogP contribution in [-0.2, 0) is 11.3 Å². The topological polar surface area (TPSA) is 52.6 Å². The SMILES string of the molecule is O=C1N(Cc2ccc(F)cc2)CCC[C@@]1(O)CNCC1CCCCC1. The van der Waals surface area contributed by atoms with Crippen LogP contribution < -0.4 is 5.32 Å². The number of nitrogens with one attached hydrogen (secondary N) is 1. The Morgan fingerprint density at radius 3 is 2.60 bits per heavy atom. The molecule has 1 saturated carbocycles. The number of carbonyl (C=O) groups excluding carboxylic acids is 1. The highest BCUT2D eigenvalue weighted by Crippen LogP contribution is 2.25. The van der Waals surface area contributed by atoms with Crippen molar-refractivity contribution < 1.29 is 14.3 Å². The number of likely N-dealkylation sites (tertiary alicyclic amines) is 1. The minimum atomic E-state index is -1.31. The molecule has 138 valence electrons. The monoisotopic (exact) mass is 348 g/mol. The highest BCUT2D eigenvalue weighted by atomic mass is 19.1. The van der Waals surface area contributed by atoms with Gasteiger partial charge in [-0.2, -0.15) is 0 Å². The third kappa shape index (κ3) is 4.79. The summed E-state index contributed by atoms with van der Waals surface area (Å²) in [6, 6.07) is 6.19. The van der Waals surface area contributed by atoms with Crippen molar-refractivity contribution in [1.82, 2.24) is 10.2 Å². The van der Waals surface area contributed by atoms with E-state index >= 15 is 0 Å². The molecule has 2 aliphatic rings. The standard InChI is InChI=1S/C20H29FN2O2/c21-18-9-7-17(8-10-18)14-23-12-4-11-20(25,19(23)24)15-22-13-16-5-2-1-3-6-16/h7-10,16,22,25H,1-6,11-15H2/t20-/m1/s1. The van der Waals surface area contributed by atoms with Gasteiger partial charge in [0, 0.05) is 19.6 Å². The fourth-order valence-corrected chi connectivity index (χ4v) is 4.06. The van der Waals surface area contributed by atoms with E-state index in [1.165, 1.54) is 44.2 Å². The fraction of sp³-hybridized carbons (Fsp3) is 0.650. The number of carbonyl (C=O) groups is 1. The number of halogens is 1. The lowest BCUT2D eigenvalue weighted by Crippen LogP contribution is -2.58. The van der Waals surface area contributed by atoms with Gasteiger partial charge in [-0.25, -0.2) is 4.39 Å². The Labute approximate surface area is 149 Å². The molecule has 3 rings (SSSR count). The van der Waals surface area contributed by atoms with Crippen LogP contribution in [0, 0.1) is 11.7 Å². The number of piperidine rings is 1. The first-order chi connectivity index (χ1) is 12.1. The first-order valence-corrected chi connectivity index (χ1v) is 9.54. The molecule has 1 amide bonds. The van der Waals surface area contributed by atoms with Crippen LogP contribution >= 0.6 is 0 Å². The number of benzene rings is 1. The van der Waals surface area contributed by atoms with E-state index in [0.717, 1.165) is 18.5 Å². The molecule has 0 aromatic heterocycles. The summed E-state index contributed by atoms with van der Waals surface area (Å²) >= 11 is 0. The van der Waals surface area contributed by atoms with Gasteiger partial charge in [0.15, 0.2) is 5.60 Å². The zero-order chi connectivity index (χ0) is 17.7. The molecule has 0 bridgehead atoms. The van der Waals surface area contributed by atoms with E-state index in [1.54, 1.807) is 17.0 Å². The lowest BCUT2D eigenvalue weighted by atomic mass is 9.88. The van der Waals surface area contributed by atoms with Crippen molar-refractivity contribution in [2.45, 2.75) is 57.1 Å². The number of hydrogen-bond acceptors (Lipinski definition) is 3. The lowest BCUT2D eigenvalue weighted by molar-refractivity contribution is -0.157. The Morgan fingerprint density at radius 2 is 1.88 bits per heavy atom. The molecule has 1 aliphatic carbocycles. The highest BCUT2D eigenvalue weighted by molar-refractivity contribution is 5.86. The van der Waals surface area contributed by atoms with E-state index in [0.29, 0.717) is 32.0 Å². The number of rotatable bonds is 6. The molecule has 2 fully saturated rings. The van der Waals surface area contributed by atoms with Crippen molar-refractivity contribution in [3.8, 4) is 0 Å². The van der Waals surface area contributed by atoms with Gasteiger partial charge in [0.05, 0.1) is 0 Å². The molecule has 1 aromatic rings. The summed E-state index contributed by atoms with van der Waals surface area (Å²) in [7, 11) is 0. The second-order valence-electron chi connectivity index (χ2n) is 7.62. The quantitative estimate of drug-likeness (QED) is 0.831. The number of nitrogens with zero attached hydrogens (tertiary/aromatic N) is 1. The van der Waals surface area contributed by atoms with Gasteiger partial charge in [-0.3, -0.25) is 4.79 Å². The summed E-state index contributed by atoms with van der Waals surface area (Å²) in [6.45, 7) is 2.26. The molecule has 1 saturated heterocycles. The third-order valence-corrected chi connectivity index (χ3v) is 5.57. The highest BCUT2D eigenvalue weighted by Gasteiger charge is 2.41. The average Bonchev–Trinajstić information content (AvgIpc) is 2.62. The maximum absolute atomic E-state index is 13.0. The van der Waals surface area contributed by atoms with Gasteiger partial charge in [0.25, 0.3) is 5.91 Å². The Balaban J connectivity index is 1.53. The van der Waals surface area contributed by atoms with Gasteiger partial charge < -0.3 is 15.3 Å². The normalized spacial score (nSPS) is 25.4. The average molecular weight is 348 g/mol. The van der Waals surface area contributed by atoms with Gasteiger partial charge in [-0.1, -0.05) is 31.4 Å². The van der Waals surface area contributed by atoms with E-state index in [4.69, 9.17) is 0 Å². The van der Waals surface area contributed by atoms with Gasteiger partial charge in [0.2, 0.25) is 0 Å². The third-order valence-electron chi connectivity index (χ3n) is 5.57. The van der Waals surface area contributed by atoms with E-state index in [2.05, 4.69) is 5.32 Å². The minimum absolute atomic E-state index is 0.209. The summed E-state index contributed by atoms with van der Waals surface area (Å²) in [4.78, 5) is 14.5. The molecular weight excluding hydrogens is 319 g/mol. The number of amides is 1. The van der Waals surface area contributed by atoms with Crippen molar-refractivity contribution in [1.29, 1.82) is 0 Å². The molecule has 1 heterocycles. The van der Waals surface area contributed by atoms with Crippen LogP contribution in [0.15, 0.2) is 24.3 Å². The number of hydrogen-bond donors (Lipinski definition) is 2. The molecule has 1 atom stereocenters. The number of aliphatic hydroxyl groups is 1. The van der Waals surface area contributed by atoms with E-state index in [1.807, 2.05) is 0 Å². The molecule has 5 heteroatoms. The molecule has 0 unspecified atom stereocenters. The van der Waals surface area contributed by atoms with Gasteiger partial charge in [0.1, 0.15) is 5.82 Å². The smallest absolute Gasteiger partial charge is 0.256 e. The molecule has 25 heavy (non-hydrogen) atoms. The van der Waals surface area contributed by atoms with Gasteiger partial charge in [-0.05, 0) is 55.8 Å². The Kier molecular flexibility index (Phi) is 6.07. The van der Waals surface area contributed by atoms with Crippen LogP contribution in [0.25, 0.3) is 0 Å². The zero-order valence-corrected chi connectivity index (χ0v) is 14.8. The lowest BCUT2D eigenvalue weighted by Gasteiger charge is -2.38. The van der Waals surface area contributed by atoms with Gasteiger partial charge >= 0.3 is 0 Å². The second kappa shape index (κ2) is 8.28. The summed E-state index contributed by atoms with van der Waals surface area (Å²) in [5.41, 5.74) is -0.429. The van der Waals surface area contributed by atoms with Crippen molar-refractivity contribution in [2.75, 3.05) is 19.6 Å². The molecule has 1 aromatic carbocycles. The predicted molar refractivity (Wildman–Crippen MR) is 95.4 cm³/mol. The molecule has 0 radical (unpaired) electrons. The summed E-state index contributed by atoms with van der Waals surface area (Å²) in [5, 5.41) is 14.2. The zero-order valence-electron chi connectivity index (χ0n) is 14.8. The van der Waals surface area contributed by atoms with Crippen molar-refractivity contribution in [2.24, 2.45) is 5.92 Å². The Morgan fingerprint density at radius 1 is 1.16 bits per heavy atom. The Hall–Kier alpha value is -1.46. The molecule has 4 nitrogen and oxygen atoms in total. The van der Waals surface area contributed by atoms with Crippen molar-refractivity contribution >= 4 is 5.91 Å². The molecule has 2 N–H and O–H groups in total. The first kappa shape index (κ1) is 18.3. The van der Waals surface area contributed by atoms with Crippen molar-refractivity contribution in [3.05, 3.63) is 35.6 Å². The molecule has 1 aliphatic heterocycles. The largest absolute Gasteiger partial charge is 0.379 e. The van der Waals surface area contributed by atoms with Crippen LogP contribution in [0.4, 0.5) is 4.39 Å². The summed E-state index contributed by atoms with van der Waals surface area (Å²) in [6.07, 6.45) is 7.70. The van der Waals surface area contributed by atoms with E-state index < -0.39 is 5.60 Å². The van der Waals surface area contributed by atoms with Crippen LogP contribution in [0.1, 0.15) is 50.5 Å². The Bertz CT molecular complexity index is 572. The minimum Gasteiger partial charge on any atom is -0.379 e. The summed E-state index contributed by atoms with van der Waals surface area (Å²) < 4.78 is 13.0. The molecule has 0 spiro atoms. The second-order valence-corrected chi connectivity index (χ2v) is 7.62. The predicted octanol–water partition coefficient (Wildman–Crippen LogP) is 2.85. The maximum atomic E-state index is 13.0. The fourth-order valence-electron chi connectivity index (χ4n) is 4.06. The van der Waals surface area contributed by atoms with Crippen LogP contribution in [0.5, 0.6) is 0 Å². The maximum Gasteiger partial charge on any atom is 0.256 e. The van der Waals surface area contributed by atoms with Crippen molar-refractivity contribution in [3.63, 3.8) is 0 Å². The van der Waals surface area contributed by atoms with Crippen LogP contribution in [0.2, 0.25) is 0 Å². The van der Waals surface area contributed by atoms with Crippen LogP contribution in [-0.4, -0.2) is 41.1 Å². The van der Waals surface area contributed by atoms with Crippen LogP contribution in [0.3, 0.4) is 0 Å². The van der Waals surface area contributed by atoms with E-state index in [9.17, 15) is 14.3 Å². The summed E-state index contributed by atoms with van der Waals surface area (Å²) in [5.74, 6) is 0.183.